The van der Waals surface area contributed by atoms with Gasteiger partial charge in [0.2, 0.25) is 5.56 Å². The van der Waals surface area contributed by atoms with Crippen molar-refractivity contribution in [3.05, 3.63) is 64.1 Å². The fourth-order valence-electron chi connectivity index (χ4n) is 1.87. The molecule has 0 aliphatic carbocycles. The van der Waals surface area contributed by atoms with Gasteiger partial charge in [-0.1, -0.05) is 12.1 Å². The van der Waals surface area contributed by atoms with E-state index in [1.54, 1.807) is 29.8 Å². The summed E-state index contributed by atoms with van der Waals surface area (Å²) in [6.45, 7) is 0.514. The van der Waals surface area contributed by atoms with Gasteiger partial charge in [0.1, 0.15) is 0 Å². The molecule has 4 nitrogen and oxygen atoms in total. The topological polar surface area (TPSA) is 53.2 Å². The maximum atomic E-state index is 12.2. The molecular formula is C15H16N2O2S. The first kappa shape index (κ1) is 14.4. The summed E-state index contributed by atoms with van der Waals surface area (Å²) >= 11 is 1.68. The summed E-state index contributed by atoms with van der Waals surface area (Å²) in [6, 6.07) is 11.0. The van der Waals surface area contributed by atoms with Crippen molar-refractivity contribution in [3.63, 3.8) is 0 Å². The number of pyridine rings is 1. The van der Waals surface area contributed by atoms with Crippen LogP contribution in [0.5, 0.6) is 0 Å². The van der Waals surface area contributed by atoms with Crippen LogP contribution in [-0.2, 0) is 6.54 Å². The van der Waals surface area contributed by atoms with Gasteiger partial charge in [-0.25, -0.2) is 0 Å². The maximum absolute atomic E-state index is 12.2. The largest absolute Gasteiger partial charge is 0.337 e. The Morgan fingerprint density at radius 2 is 1.95 bits per heavy atom. The van der Waals surface area contributed by atoms with Crippen LogP contribution >= 0.6 is 11.8 Å². The van der Waals surface area contributed by atoms with Crippen LogP contribution < -0.4 is 5.56 Å². The van der Waals surface area contributed by atoms with E-state index in [9.17, 15) is 9.59 Å². The van der Waals surface area contributed by atoms with Gasteiger partial charge < -0.3 is 9.88 Å². The second kappa shape index (κ2) is 6.43. The van der Waals surface area contributed by atoms with Gasteiger partial charge in [0, 0.05) is 36.3 Å². The predicted molar refractivity (Wildman–Crippen MR) is 81.1 cm³/mol. The minimum Gasteiger partial charge on any atom is -0.337 e. The van der Waals surface area contributed by atoms with E-state index in [0.29, 0.717) is 12.1 Å². The quantitative estimate of drug-likeness (QED) is 0.879. The Balaban J connectivity index is 2.09. The Morgan fingerprint density at radius 3 is 2.55 bits per heavy atom. The van der Waals surface area contributed by atoms with Crippen molar-refractivity contribution in [1.29, 1.82) is 0 Å². The lowest BCUT2D eigenvalue weighted by Crippen LogP contribution is -2.27. The number of H-pyrrole nitrogens is 1. The number of nitrogens with one attached hydrogen (secondary N) is 1. The Morgan fingerprint density at radius 1 is 1.25 bits per heavy atom. The van der Waals surface area contributed by atoms with Crippen molar-refractivity contribution in [1.82, 2.24) is 9.88 Å². The first-order valence-electron chi connectivity index (χ1n) is 6.17. The molecule has 0 saturated carbocycles. The molecule has 0 saturated heterocycles. The standard InChI is InChI=1S/C15H16N2O2S/c1-17(10-11-3-5-13(20-2)6-4-11)15(19)12-7-8-16-14(18)9-12/h3-9H,10H2,1-2H3,(H,16,18). The van der Waals surface area contributed by atoms with Gasteiger partial charge in [0.25, 0.3) is 5.91 Å². The van der Waals surface area contributed by atoms with E-state index in [2.05, 4.69) is 4.98 Å². The zero-order valence-electron chi connectivity index (χ0n) is 11.4. The lowest BCUT2D eigenvalue weighted by molar-refractivity contribution is 0.0785. The van der Waals surface area contributed by atoms with Crippen molar-refractivity contribution in [2.75, 3.05) is 13.3 Å². The molecule has 20 heavy (non-hydrogen) atoms. The molecule has 0 fully saturated rings. The number of carbonyl (C=O) groups excluding carboxylic acids is 1. The summed E-state index contributed by atoms with van der Waals surface area (Å²) in [7, 11) is 1.73. The smallest absolute Gasteiger partial charge is 0.254 e. The second-order valence-corrected chi connectivity index (χ2v) is 5.33. The Kier molecular flexibility index (Phi) is 4.63. The molecule has 0 bridgehead atoms. The molecule has 0 aliphatic heterocycles. The second-order valence-electron chi connectivity index (χ2n) is 4.45. The number of carbonyl (C=O) groups is 1. The molecule has 0 aliphatic rings. The number of amides is 1. The molecule has 0 spiro atoms. The van der Waals surface area contributed by atoms with Gasteiger partial charge in [-0.2, -0.15) is 0 Å². The van der Waals surface area contributed by atoms with Crippen LogP contribution in [-0.4, -0.2) is 29.1 Å². The van der Waals surface area contributed by atoms with Crippen molar-refractivity contribution in [2.24, 2.45) is 0 Å². The van der Waals surface area contributed by atoms with Gasteiger partial charge in [-0.3, -0.25) is 9.59 Å². The minimum absolute atomic E-state index is 0.162. The average Bonchev–Trinajstić information content (AvgIpc) is 2.47. The zero-order chi connectivity index (χ0) is 14.5. The van der Waals surface area contributed by atoms with Gasteiger partial charge in [0.05, 0.1) is 0 Å². The van der Waals surface area contributed by atoms with E-state index in [0.717, 1.165) is 5.56 Å². The first-order valence-corrected chi connectivity index (χ1v) is 7.40. The number of benzene rings is 1. The van der Waals surface area contributed by atoms with Gasteiger partial charge >= 0.3 is 0 Å². The zero-order valence-corrected chi connectivity index (χ0v) is 12.2. The summed E-state index contributed by atoms with van der Waals surface area (Å²) in [5.74, 6) is -0.162. The lowest BCUT2D eigenvalue weighted by atomic mass is 10.2. The van der Waals surface area contributed by atoms with Crippen LogP contribution in [0.2, 0.25) is 0 Å². The number of hydrogen-bond donors (Lipinski definition) is 1. The van der Waals surface area contributed by atoms with E-state index >= 15 is 0 Å². The van der Waals surface area contributed by atoms with Gasteiger partial charge in [-0.05, 0) is 30.0 Å². The molecule has 5 heteroatoms. The van der Waals surface area contributed by atoms with Crippen molar-refractivity contribution >= 4 is 17.7 Å². The molecular weight excluding hydrogens is 272 g/mol. The van der Waals surface area contributed by atoms with E-state index in [1.807, 2.05) is 30.5 Å². The number of thioether (sulfide) groups is 1. The van der Waals surface area contributed by atoms with Crippen molar-refractivity contribution < 1.29 is 4.79 Å². The minimum atomic E-state index is -0.270. The number of aromatic amines is 1. The highest BCUT2D eigenvalue weighted by molar-refractivity contribution is 7.98. The Labute approximate surface area is 121 Å². The fourth-order valence-corrected chi connectivity index (χ4v) is 2.28. The molecule has 2 aromatic rings. The Bertz CT molecular complexity index is 649. The van der Waals surface area contributed by atoms with Gasteiger partial charge in [0.15, 0.2) is 0 Å². The van der Waals surface area contributed by atoms with E-state index in [1.165, 1.54) is 17.2 Å². The lowest BCUT2D eigenvalue weighted by Gasteiger charge is -2.17. The summed E-state index contributed by atoms with van der Waals surface area (Å²) in [5.41, 5.74) is 1.19. The molecule has 1 aromatic carbocycles. The molecule has 104 valence electrons. The maximum Gasteiger partial charge on any atom is 0.254 e. The summed E-state index contributed by atoms with van der Waals surface area (Å²) < 4.78 is 0. The third kappa shape index (κ3) is 3.51. The highest BCUT2D eigenvalue weighted by Crippen LogP contribution is 2.16. The number of hydrogen-bond acceptors (Lipinski definition) is 3. The van der Waals surface area contributed by atoms with E-state index in [4.69, 9.17) is 0 Å². The molecule has 1 heterocycles. The van der Waals surface area contributed by atoms with Crippen molar-refractivity contribution in [2.45, 2.75) is 11.4 Å². The number of nitrogens with zero attached hydrogens (tertiary/aromatic N) is 1. The highest BCUT2D eigenvalue weighted by atomic mass is 32.2. The van der Waals surface area contributed by atoms with E-state index < -0.39 is 0 Å². The van der Waals surface area contributed by atoms with Crippen molar-refractivity contribution in [3.8, 4) is 0 Å². The molecule has 1 aromatic heterocycles. The molecule has 0 radical (unpaired) electrons. The molecule has 2 rings (SSSR count). The number of rotatable bonds is 4. The molecule has 1 N–H and O–H groups in total. The normalized spacial score (nSPS) is 10.3. The Hall–Kier alpha value is -2.01. The van der Waals surface area contributed by atoms with Crippen LogP contribution in [0.15, 0.2) is 52.3 Å². The van der Waals surface area contributed by atoms with Crippen LogP contribution in [0, 0.1) is 0 Å². The average molecular weight is 288 g/mol. The van der Waals surface area contributed by atoms with Crippen LogP contribution in [0.3, 0.4) is 0 Å². The summed E-state index contributed by atoms with van der Waals surface area (Å²) in [4.78, 5) is 28.7. The van der Waals surface area contributed by atoms with Crippen LogP contribution in [0.1, 0.15) is 15.9 Å². The predicted octanol–water partition coefficient (Wildman–Crippen LogP) is 2.37. The number of aromatic nitrogens is 1. The fraction of sp³-hybridized carbons (Fsp3) is 0.200. The summed E-state index contributed by atoms with van der Waals surface area (Å²) in [6.07, 6.45) is 3.51. The molecule has 1 amide bonds. The summed E-state index contributed by atoms with van der Waals surface area (Å²) in [5, 5.41) is 0. The highest BCUT2D eigenvalue weighted by Gasteiger charge is 2.12. The molecule has 0 atom stereocenters. The van der Waals surface area contributed by atoms with Gasteiger partial charge in [-0.15, -0.1) is 11.8 Å². The van der Waals surface area contributed by atoms with Crippen LogP contribution in [0.4, 0.5) is 0 Å². The van der Waals surface area contributed by atoms with Crippen LogP contribution in [0.25, 0.3) is 0 Å². The first-order chi connectivity index (χ1) is 9.60. The molecule has 0 unspecified atom stereocenters. The SMILES string of the molecule is CSc1ccc(CN(C)C(=O)c2cc[nH]c(=O)c2)cc1. The third-order valence-electron chi connectivity index (χ3n) is 2.95. The third-order valence-corrected chi connectivity index (χ3v) is 3.69. The monoisotopic (exact) mass is 288 g/mol. The van der Waals surface area contributed by atoms with E-state index in [-0.39, 0.29) is 11.5 Å².